The third-order valence-electron chi connectivity index (χ3n) is 3.80. The highest BCUT2D eigenvalue weighted by atomic mass is 16.3. The first-order valence-electron chi connectivity index (χ1n) is 7.47. The van der Waals surface area contributed by atoms with E-state index in [0.29, 0.717) is 38.3 Å². The lowest BCUT2D eigenvalue weighted by Crippen LogP contribution is -2.46. The van der Waals surface area contributed by atoms with Crippen LogP contribution in [-0.4, -0.2) is 47.1 Å². The van der Waals surface area contributed by atoms with Crippen LogP contribution in [0.2, 0.25) is 0 Å². The van der Waals surface area contributed by atoms with Gasteiger partial charge in [-0.2, -0.15) is 0 Å². The summed E-state index contributed by atoms with van der Waals surface area (Å²) in [6.45, 7) is 9.00. The highest BCUT2D eigenvalue weighted by molar-refractivity contribution is 5.79. The zero-order chi connectivity index (χ0) is 15.3. The minimum Gasteiger partial charge on any atom is -0.388 e. The topological polar surface area (TPSA) is 69.6 Å². The highest BCUT2D eigenvalue weighted by Gasteiger charge is 2.28. The van der Waals surface area contributed by atoms with Crippen LogP contribution in [0.25, 0.3) is 0 Å². The molecule has 0 aliphatic carbocycles. The van der Waals surface area contributed by atoms with Crippen LogP contribution in [-0.2, 0) is 9.59 Å². The fourth-order valence-corrected chi connectivity index (χ4v) is 2.83. The van der Waals surface area contributed by atoms with E-state index in [1.165, 1.54) is 0 Å². The average Bonchev–Trinajstić information content (AvgIpc) is 2.34. The Balaban J connectivity index is 2.35. The van der Waals surface area contributed by atoms with Crippen LogP contribution in [0.5, 0.6) is 0 Å². The summed E-state index contributed by atoms with van der Waals surface area (Å²) in [5, 5.41) is 13.0. The lowest BCUT2D eigenvalue weighted by molar-refractivity contribution is -0.134. The molecule has 5 heteroatoms. The Morgan fingerprint density at radius 2 is 1.90 bits per heavy atom. The van der Waals surface area contributed by atoms with E-state index in [0.717, 1.165) is 0 Å². The first-order chi connectivity index (χ1) is 9.21. The van der Waals surface area contributed by atoms with Crippen molar-refractivity contribution >= 4 is 11.8 Å². The number of nitrogens with one attached hydrogen (secondary N) is 1. The number of rotatable bonds is 5. The molecule has 0 bridgehead atoms. The molecule has 1 rings (SSSR count). The van der Waals surface area contributed by atoms with Crippen molar-refractivity contribution < 1.29 is 14.7 Å². The SMILES string of the molecule is CC(=O)N1CCC(C(=O)NCC(C)(O)CC(C)C)CC1. The maximum absolute atomic E-state index is 12.1. The molecule has 2 amide bonds. The number of carbonyl (C=O) groups excluding carboxylic acids is 2. The zero-order valence-corrected chi connectivity index (χ0v) is 13.1. The van der Waals surface area contributed by atoms with E-state index < -0.39 is 5.60 Å². The minimum atomic E-state index is -0.857. The molecule has 0 aromatic carbocycles. The number of aliphatic hydroxyl groups is 1. The molecule has 1 heterocycles. The third kappa shape index (κ3) is 5.49. The first-order valence-corrected chi connectivity index (χ1v) is 7.47. The lowest BCUT2D eigenvalue weighted by Gasteiger charge is -2.31. The second-order valence-electron chi connectivity index (χ2n) is 6.59. The predicted octanol–water partition coefficient (Wildman–Crippen LogP) is 1.16. The molecule has 0 radical (unpaired) electrons. The Morgan fingerprint density at radius 3 is 2.35 bits per heavy atom. The van der Waals surface area contributed by atoms with Crippen molar-refractivity contribution in [1.82, 2.24) is 10.2 Å². The summed E-state index contributed by atoms with van der Waals surface area (Å²) in [4.78, 5) is 25.1. The molecular weight excluding hydrogens is 256 g/mol. The Labute approximate surface area is 121 Å². The smallest absolute Gasteiger partial charge is 0.223 e. The van der Waals surface area contributed by atoms with E-state index in [1.807, 2.05) is 13.8 Å². The van der Waals surface area contributed by atoms with Gasteiger partial charge in [0.2, 0.25) is 11.8 Å². The van der Waals surface area contributed by atoms with Gasteiger partial charge in [0.25, 0.3) is 0 Å². The van der Waals surface area contributed by atoms with E-state index >= 15 is 0 Å². The van der Waals surface area contributed by atoms with Crippen molar-refractivity contribution in [3.63, 3.8) is 0 Å². The molecule has 5 nitrogen and oxygen atoms in total. The number of hydrogen-bond donors (Lipinski definition) is 2. The molecule has 1 atom stereocenters. The Morgan fingerprint density at radius 1 is 1.35 bits per heavy atom. The van der Waals surface area contributed by atoms with Crippen LogP contribution in [0, 0.1) is 11.8 Å². The summed E-state index contributed by atoms with van der Waals surface area (Å²) in [6, 6.07) is 0. The molecule has 0 aromatic rings. The number of amides is 2. The summed E-state index contributed by atoms with van der Waals surface area (Å²) in [7, 11) is 0. The summed E-state index contributed by atoms with van der Waals surface area (Å²) in [5.41, 5.74) is -0.857. The molecule has 0 aromatic heterocycles. The van der Waals surface area contributed by atoms with E-state index in [-0.39, 0.29) is 24.3 Å². The lowest BCUT2D eigenvalue weighted by atomic mass is 9.93. The van der Waals surface area contributed by atoms with Crippen molar-refractivity contribution in [2.75, 3.05) is 19.6 Å². The number of nitrogens with zero attached hydrogens (tertiary/aromatic N) is 1. The van der Waals surface area contributed by atoms with Crippen LogP contribution < -0.4 is 5.32 Å². The van der Waals surface area contributed by atoms with Gasteiger partial charge in [-0.15, -0.1) is 0 Å². The monoisotopic (exact) mass is 284 g/mol. The summed E-state index contributed by atoms with van der Waals surface area (Å²) in [6.07, 6.45) is 2.07. The molecule has 0 spiro atoms. The Kier molecular flexibility index (Phi) is 5.99. The van der Waals surface area contributed by atoms with E-state index in [9.17, 15) is 14.7 Å². The summed E-state index contributed by atoms with van der Waals surface area (Å²) >= 11 is 0. The van der Waals surface area contributed by atoms with Crippen molar-refractivity contribution in [2.24, 2.45) is 11.8 Å². The van der Waals surface area contributed by atoms with Gasteiger partial charge in [-0.25, -0.2) is 0 Å². The van der Waals surface area contributed by atoms with Crippen molar-refractivity contribution in [3.8, 4) is 0 Å². The molecule has 116 valence electrons. The number of likely N-dealkylation sites (tertiary alicyclic amines) is 1. The van der Waals surface area contributed by atoms with Gasteiger partial charge in [-0.1, -0.05) is 13.8 Å². The maximum atomic E-state index is 12.1. The zero-order valence-electron chi connectivity index (χ0n) is 13.1. The number of piperidine rings is 1. The number of hydrogen-bond acceptors (Lipinski definition) is 3. The van der Waals surface area contributed by atoms with Gasteiger partial charge in [-0.05, 0) is 32.1 Å². The van der Waals surface area contributed by atoms with Crippen molar-refractivity contribution in [2.45, 2.75) is 52.6 Å². The van der Waals surface area contributed by atoms with Crippen molar-refractivity contribution in [1.29, 1.82) is 0 Å². The van der Waals surface area contributed by atoms with Gasteiger partial charge in [-0.3, -0.25) is 9.59 Å². The normalized spacial score (nSPS) is 19.8. The fourth-order valence-electron chi connectivity index (χ4n) is 2.83. The molecular formula is C15H28N2O3. The molecule has 1 fully saturated rings. The summed E-state index contributed by atoms with van der Waals surface area (Å²) < 4.78 is 0. The molecule has 1 saturated heterocycles. The predicted molar refractivity (Wildman–Crippen MR) is 78.1 cm³/mol. The molecule has 20 heavy (non-hydrogen) atoms. The van der Waals surface area contributed by atoms with Crippen LogP contribution >= 0.6 is 0 Å². The van der Waals surface area contributed by atoms with Gasteiger partial charge >= 0.3 is 0 Å². The van der Waals surface area contributed by atoms with Crippen LogP contribution in [0.3, 0.4) is 0 Å². The van der Waals surface area contributed by atoms with Gasteiger partial charge in [0.15, 0.2) is 0 Å². The van der Waals surface area contributed by atoms with Gasteiger partial charge < -0.3 is 15.3 Å². The quantitative estimate of drug-likeness (QED) is 0.796. The van der Waals surface area contributed by atoms with Gasteiger partial charge in [0.1, 0.15) is 0 Å². The number of carbonyl (C=O) groups is 2. The average molecular weight is 284 g/mol. The summed E-state index contributed by atoms with van der Waals surface area (Å²) in [5.74, 6) is 0.419. The molecule has 2 N–H and O–H groups in total. The Bertz CT molecular complexity index is 345. The second-order valence-corrected chi connectivity index (χ2v) is 6.59. The molecule has 1 aliphatic rings. The van der Waals surface area contributed by atoms with Gasteiger partial charge in [0, 0.05) is 32.5 Å². The molecule has 1 aliphatic heterocycles. The molecule has 1 unspecified atom stereocenters. The van der Waals surface area contributed by atoms with Crippen LogP contribution in [0.15, 0.2) is 0 Å². The third-order valence-corrected chi connectivity index (χ3v) is 3.80. The van der Waals surface area contributed by atoms with Crippen LogP contribution in [0.4, 0.5) is 0 Å². The first kappa shape index (κ1) is 17.0. The second kappa shape index (κ2) is 7.07. The van der Waals surface area contributed by atoms with Gasteiger partial charge in [0.05, 0.1) is 5.60 Å². The minimum absolute atomic E-state index is 0.00256. The fraction of sp³-hybridized carbons (Fsp3) is 0.867. The largest absolute Gasteiger partial charge is 0.388 e. The van der Waals surface area contributed by atoms with E-state index in [1.54, 1.807) is 18.7 Å². The van der Waals surface area contributed by atoms with Crippen LogP contribution in [0.1, 0.15) is 47.0 Å². The standard InChI is InChI=1S/C15H28N2O3/c1-11(2)9-15(4,20)10-16-14(19)13-5-7-17(8-6-13)12(3)18/h11,13,20H,5-10H2,1-4H3,(H,16,19). The molecule has 0 saturated carbocycles. The maximum Gasteiger partial charge on any atom is 0.223 e. The highest BCUT2D eigenvalue weighted by Crippen LogP contribution is 2.19. The Hall–Kier alpha value is -1.10. The van der Waals surface area contributed by atoms with Crippen molar-refractivity contribution in [3.05, 3.63) is 0 Å². The van der Waals surface area contributed by atoms with E-state index in [2.05, 4.69) is 5.32 Å². The van der Waals surface area contributed by atoms with E-state index in [4.69, 9.17) is 0 Å².